The zero-order valence-corrected chi connectivity index (χ0v) is 15.1. The van der Waals surface area contributed by atoms with Crippen molar-refractivity contribution in [1.29, 1.82) is 0 Å². The maximum atomic E-state index is 11.9. The van der Waals surface area contributed by atoms with E-state index >= 15 is 0 Å². The van der Waals surface area contributed by atoms with Gasteiger partial charge in [0.25, 0.3) is 5.91 Å². The number of rotatable bonds is 6. The number of para-hydroxylation sites is 1. The Morgan fingerprint density at radius 2 is 1.81 bits per heavy atom. The summed E-state index contributed by atoms with van der Waals surface area (Å²) in [5.41, 5.74) is 1.39. The van der Waals surface area contributed by atoms with Crippen molar-refractivity contribution < 1.29 is 9.53 Å². The molecule has 7 heteroatoms. The van der Waals surface area contributed by atoms with Crippen LogP contribution < -0.4 is 15.4 Å². The standard InChI is InChI=1S/C19H15Cl2N3O2/c20-15-7-4-8-16(19(15)21)23-13-9-10-17(22-11-13)24-18(25)12-26-14-5-2-1-3-6-14/h1-11,23H,12H2,(H,22,24,25). The molecule has 1 amide bonds. The van der Waals surface area contributed by atoms with E-state index in [2.05, 4.69) is 15.6 Å². The lowest BCUT2D eigenvalue weighted by Crippen LogP contribution is -2.20. The zero-order chi connectivity index (χ0) is 18.4. The highest BCUT2D eigenvalue weighted by molar-refractivity contribution is 6.43. The molecule has 0 saturated heterocycles. The Labute approximate surface area is 160 Å². The molecule has 0 aliphatic carbocycles. The van der Waals surface area contributed by atoms with Gasteiger partial charge in [-0.3, -0.25) is 4.79 Å². The Hall–Kier alpha value is -2.76. The monoisotopic (exact) mass is 387 g/mol. The maximum Gasteiger partial charge on any atom is 0.263 e. The maximum absolute atomic E-state index is 11.9. The zero-order valence-electron chi connectivity index (χ0n) is 13.6. The molecule has 26 heavy (non-hydrogen) atoms. The van der Waals surface area contributed by atoms with Gasteiger partial charge in [-0.15, -0.1) is 0 Å². The van der Waals surface area contributed by atoms with E-state index < -0.39 is 0 Å². The number of anilines is 3. The van der Waals surface area contributed by atoms with Crippen LogP contribution in [0.4, 0.5) is 17.2 Å². The van der Waals surface area contributed by atoms with Crippen LogP contribution in [0.1, 0.15) is 0 Å². The number of carbonyl (C=O) groups excluding carboxylic acids is 1. The molecule has 0 radical (unpaired) electrons. The highest BCUT2D eigenvalue weighted by Gasteiger charge is 2.07. The van der Waals surface area contributed by atoms with Gasteiger partial charge in [0.05, 0.1) is 27.6 Å². The van der Waals surface area contributed by atoms with Crippen molar-refractivity contribution in [1.82, 2.24) is 4.98 Å². The highest BCUT2D eigenvalue weighted by atomic mass is 35.5. The van der Waals surface area contributed by atoms with Gasteiger partial charge in [0.15, 0.2) is 6.61 Å². The lowest BCUT2D eigenvalue weighted by molar-refractivity contribution is -0.118. The molecule has 0 aliphatic heterocycles. The minimum Gasteiger partial charge on any atom is -0.484 e. The molecule has 0 fully saturated rings. The average molecular weight is 388 g/mol. The number of nitrogens with one attached hydrogen (secondary N) is 2. The van der Waals surface area contributed by atoms with Crippen molar-refractivity contribution in [3.63, 3.8) is 0 Å². The summed E-state index contributed by atoms with van der Waals surface area (Å²) >= 11 is 12.1. The van der Waals surface area contributed by atoms with Gasteiger partial charge in [-0.1, -0.05) is 47.5 Å². The summed E-state index contributed by atoms with van der Waals surface area (Å²) in [4.78, 5) is 16.1. The van der Waals surface area contributed by atoms with Crippen LogP contribution in [-0.4, -0.2) is 17.5 Å². The first kappa shape index (κ1) is 18.0. The summed E-state index contributed by atoms with van der Waals surface area (Å²) in [6.45, 7) is -0.0934. The van der Waals surface area contributed by atoms with Gasteiger partial charge in [-0.2, -0.15) is 0 Å². The van der Waals surface area contributed by atoms with Crippen molar-refractivity contribution in [2.24, 2.45) is 0 Å². The molecule has 0 spiro atoms. The van der Waals surface area contributed by atoms with Gasteiger partial charge >= 0.3 is 0 Å². The smallest absolute Gasteiger partial charge is 0.263 e. The van der Waals surface area contributed by atoms with Crippen molar-refractivity contribution in [3.8, 4) is 5.75 Å². The molecule has 1 heterocycles. The number of ether oxygens (including phenoxy) is 1. The quantitative estimate of drug-likeness (QED) is 0.613. The van der Waals surface area contributed by atoms with Crippen LogP contribution in [0.15, 0.2) is 66.9 Å². The number of amides is 1. The van der Waals surface area contributed by atoms with E-state index in [-0.39, 0.29) is 12.5 Å². The minimum absolute atomic E-state index is 0.0934. The molecule has 3 aromatic rings. The number of pyridine rings is 1. The van der Waals surface area contributed by atoms with Crippen molar-refractivity contribution >= 4 is 46.3 Å². The van der Waals surface area contributed by atoms with Crippen molar-refractivity contribution in [3.05, 3.63) is 76.9 Å². The second-order valence-electron chi connectivity index (χ2n) is 5.31. The molecule has 0 saturated carbocycles. The first-order valence-electron chi connectivity index (χ1n) is 7.76. The fourth-order valence-corrected chi connectivity index (χ4v) is 2.49. The van der Waals surface area contributed by atoms with Crippen molar-refractivity contribution in [2.75, 3.05) is 17.2 Å². The second-order valence-corrected chi connectivity index (χ2v) is 6.09. The number of hydrogen-bond acceptors (Lipinski definition) is 4. The molecule has 2 N–H and O–H groups in total. The predicted octanol–water partition coefficient (Wildman–Crippen LogP) is 5.15. The lowest BCUT2D eigenvalue weighted by atomic mass is 10.3. The van der Waals surface area contributed by atoms with E-state index in [1.807, 2.05) is 24.3 Å². The molecule has 1 aromatic heterocycles. The van der Waals surface area contributed by atoms with Gasteiger partial charge in [-0.05, 0) is 36.4 Å². The summed E-state index contributed by atoms with van der Waals surface area (Å²) < 4.78 is 5.39. The number of aromatic nitrogens is 1. The van der Waals surface area contributed by atoms with E-state index in [0.29, 0.717) is 33.0 Å². The van der Waals surface area contributed by atoms with Gasteiger partial charge in [-0.25, -0.2) is 4.98 Å². The molecule has 0 atom stereocenters. The first-order chi connectivity index (χ1) is 12.6. The molecular weight excluding hydrogens is 373 g/mol. The average Bonchev–Trinajstić information content (AvgIpc) is 2.66. The molecule has 3 rings (SSSR count). The number of nitrogens with zero attached hydrogens (tertiary/aromatic N) is 1. The van der Waals surface area contributed by atoms with Gasteiger partial charge in [0, 0.05) is 0 Å². The lowest BCUT2D eigenvalue weighted by Gasteiger charge is -2.10. The van der Waals surface area contributed by atoms with E-state index in [4.69, 9.17) is 27.9 Å². The van der Waals surface area contributed by atoms with Crippen LogP contribution in [0.25, 0.3) is 0 Å². The van der Waals surface area contributed by atoms with E-state index in [0.717, 1.165) is 0 Å². The topological polar surface area (TPSA) is 63.2 Å². The summed E-state index contributed by atoms with van der Waals surface area (Å²) in [7, 11) is 0. The van der Waals surface area contributed by atoms with Crippen LogP contribution in [0, 0.1) is 0 Å². The number of halogens is 2. The Kier molecular flexibility index (Phi) is 5.94. The summed E-state index contributed by atoms with van der Waals surface area (Å²) in [6, 6.07) is 17.9. The third-order valence-corrected chi connectivity index (χ3v) is 4.19. The van der Waals surface area contributed by atoms with E-state index in [1.54, 1.807) is 42.6 Å². The fourth-order valence-electron chi connectivity index (χ4n) is 2.14. The molecule has 0 aliphatic rings. The normalized spacial score (nSPS) is 10.2. The van der Waals surface area contributed by atoms with Gasteiger partial charge in [0.1, 0.15) is 11.6 Å². The minimum atomic E-state index is -0.292. The van der Waals surface area contributed by atoms with E-state index in [1.165, 1.54) is 0 Å². The molecule has 0 bridgehead atoms. The van der Waals surface area contributed by atoms with Gasteiger partial charge < -0.3 is 15.4 Å². The number of carbonyl (C=O) groups is 1. The number of hydrogen-bond donors (Lipinski definition) is 2. The van der Waals surface area contributed by atoms with E-state index in [9.17, 15) is 4.79 Å². The van der Waals surface area contributed by atoms with Crippen LogP contribution in [0.3, 0.4) is 0 Å². The number of benzene rings is 2. The highest BCUT2D eigenvalue weighted by Crippen LogP contribution is 2.31. The third-order valence-electron chi connectivity index (χ3n) is 3.37. The Balaban J connectivity index is 1.55. The Morgan fingerprint density at radius 3 is 2.54 bits per heavy atom. The predicted molar refractivity (Wildman–Crippen MR) is 105 cm³/mol. The molecule has 132 valence electrons. The molecule has 0 unspecified atom stereocenters. The van der Waals surface area contributed by atoms with Crippen molar-refractivity contribution in [2.45, 2.75) is 0 Å². The third kappa shape index (κ3) is 4.88. The van der Waals surface area contributed by atoms with Gasteiger partial charge in [0.2, 0.25) is 0 Å². The van der Waals surface area contributed by atoms with Crippen LogP contribution in [0.2, 0.25) is 10.0 Å². The van der Waals surface area contributed by atoms with Crippen LogP contribution in [-0.2, 0) is 4.79 Å². The second kappa shape index (κ2) is 8.56. The Bertz CT molecular complexity index is 887. The summed E-state index contributed by atoms with van der Waals surface area (Å²) in [5, 5.41) is 6.70. The van der Waals surface area contributed by atoms with Crippen LogP contribution in [0.5, 0.6) is 5.75 Å². The first-order valence-corrected chi connectivity index (χ1v) is 8.52. The molecule has 2 aromatic carbocycles. The fraction of sp³-hybridized carbons (Fsp3) is 0.0526. The molecule has 5 nitrogen and oxygen atoms in total. The summed E-state index contributed by atoms with van der Waals surface area (Å²) in [6.07, 6.45) is 1.59. The summed E-state index contributed by atoms with van der Waals surface area (Å²) in [5.74, 6) is 0.767. The van der Waals surface area contributed by atoms with Crippen LogP contribution >= 0.6 is 23.2 Å². The SMILES string of the molecule is O=C(COc1ccccc1)Nc1ccc(Nc2cccc(Cl)c2Cl)cn1. The largest absolute Gasteiger partial charge is 0.484 e. The molecular formula is C19H15Cl2N3O2. The Morgan fingerprint density at radius 1 is 1.00 bits per heavy atom.